The number of ketones is 4. The number of fused-ring (bicyclic) bond motifs is 16. The number of nitrogens with one attached hydrogen (secondary N) is 4. The van der Waals surface area contributed by atoms with Gasteiger partial charge in [0.1, 0.15) is 82.8 Å². The maximum Gasteiger partial charge on any atom is 0.252 e. The summed E-state index contributed by atoms with van der Waals surface area (Å²) in [6, 6.07) is 9.45. The van der Waals surface area contributed by atoms with Crippen molar-refractivity contribution in [1.82, 2.24) is 21.3 Å². The van der Waals surface area contributed by atoms with E-state index in [0.717, 1.165) is 60.7 Å². The quantitative estimate of drug-likeness (QED) is 0.0371. The highest BCUT2D eigenvalue weighted by atomic mass is 35.5. The third kappa shape index (κ3) is 22.6. The smallest absolute Gasteiger partial charge is 0.252 e. The fourth-order valence-electron chi connectivity index (χ4n) is 15.5. The Morgan fingerprint density at radius 2 is 1.35 bits per heavy atom. The van der Waals surface area contributed by atoms with Crippen LogP contribution in [0.2, 0.25) is 10.0 Å². The van der Waals surface area contributed by atoms with E-state index in [1.54, 1.807) is 0 Å². The Labute approximate surface area is 719 Å². The van der Waals surface area contributed by atoms with E-state index in [0.29, 0.717) is 0 Å². The van der Waals surface area contributed by atoms with Gasteiger partial charge in [0.15, 0.2) is 41.2 Å². The summed E-state index contributed by atoms with van der Waals surface area (Å²) in [5, 5.41) is 158. The first-order valence-corrected chi connectivity index (χ1v) is 40.6. The number of nitrogens with two attached hydrogens (primary N) is 4. The molecule has 2 fully saturated rings. The van der Waals surface area contributed by atoms with E-state index in [9.17, 15) is 95.2 Å². The zero-order chi connectivity index (χ0) is 90.9. The van der Waals surface area contributed by atoms with E-state index < -0.39 is 304 Å². The minimum absolute atomic E-state index is 0.00603. The predicted molar refractivity (Wildman–Crippen MR) is 438 cm³/mol. The molecule has 19 atom stereocenters. The van der Waals surface area contributed by atoms with Gasteiger partial charge in [0.05, 0.1) is 83.6 Å². The highest BCUT2D eigenvalue weighted by Gasteiger charge is 2.51. The van der Waals surface area contributed by atoms with Gasteiger partial charge in [-0.2, -0.15) is 0 Å². The van der Waals surface area contributed by atoms with Crippen molar-refractivity contribution in [3.05, 3.63) is 146 Å². The number of likely N-dealkylation sites (N-methyl/N-ethyl adjacent to an activating group) is 1. The second-order valence-corrected chi connectivity index (χ2v) is 32.9. The van der Waals surface area contributed by atoms with E-state index in [1.165, 1.54) is 51.2 Å². The summed E-state index contributed by atoms with van der Waals surface area (Å²) in [5.74, 6) is -20.1. The molecule has 6 amide bonds. The number of phenolic OH excluding ortho intramolecular Hbond substituents is 3. The molecule has 39 heteroatoms. The number of hydrogen-bond donors (Lipinski definition) is 21. The second kappa shape index (κ2) is 41.0. The Hall–Kier alpha value is -10.6. The Bertz CT molecular complexity index is 5020. The largest absolute Gasteiger partial charge is 0.508 e. The lowest BCUT2D eigenvalue weighted by Crippen LogP contribution is -2.64. The van der Waals surface area contributed by atoms with Crippen LogP contribution in [0.5, 0.6) is 51.7 Å². The van der Waals surface area contributed by atoms with Crippen molar-refractivity contribution in [3.63, 3.8) is 0 Å². The lowest BCUT2D eigenvalue weighted by molar-refractivity contribution is -0.333. The number of carbonyl (C=O) groups excluding carboxylic acids is 10. The number of aliphatic hydroxyl groups excluding tert-OH is 9. The van der Waals surface area contributed by atoms with Gasteiger partial charge in [0.25, 0.3) is 5.91 Å². The first-order chi connectivity index (χ1) is 58.5. The lowest BCUT2D eigenvalue weighted by atomic mass is 9.85. The molecular formula is C85H102Cl2N8O29. The molecule has 6 aliphatic heterocycles. The molecule has 6 aromatic rings. The highest BCUT2D eigenvalue weighted by Crippen LogP contribution is 2.51. The van der Waals surface area contributed by atoms with Crippen molar-refractivity contribution in [1.29, 1.82) is 0 Å². The molecule has 0 aliphatic carbocycles. The number of carbonyl (C=O) groups is 10. The summed E-state index contributed by atoms with van der Waals surface area (Å²) >= 11 is 14.3. The van der Waals surface area contributed by atoms with Crippen LogP contribution < -0.4 is 58.4 Å². The number of aromatic hydroxyl groups is 4. The first kappa shape index (κ1) is 95.7. The third-order valence-corrected chi connectivity index (χ3v) is 22.8. The van der Waals surface area contributed by atoms with Crippen LogP contribution in [0, 0.1) is 11.8 Å². The molecule has 670 valence electrons. The maximum atomic E-state index is 16.2. The minimum Gasteiger partial charge on any atom is -0.508 e. The lowest BCUT2D eigenvalue weighted by Gasteiger charge is -2.47. The predicted octanol–water partition coefficient (Wildman–Crippen LogP) is 2.72. The van der Waals surface area contributed by atoms with E-state index >= 15 is 19.2 Å². The molecule has 124 heavy (non-hydrogen) atoms. The average Bonchev–Trinajstić information content (AvgIpc) is 0.769. The van der Waals surface area contributed by atoms with Crippen LogP contribution in [0.25, 0.3) is 11.1 Å². The van der Waals surface area contributed by atoms with Crippen molar-refractivity contribution < 1.29 is 143 Å². The topological polar surface area (TPSA) is 641 Å². The van der Waals surface area contributed by atoms with Crippen molar-refractivity contribution in [2.45, 2.75) is 221 Å². The van der Waals surface area contributed by atoms with Crippen molar-refractivity contribution in [2.75, 3.05) is 13.7 Å². The van der Waals surface area contributed by atoms with Gasteiger partial charge in [0.2, 0.25) is 41.6 Å². The fraction of sp³-hybridized carbons (Fsp3) is 0.459. The Morgan fingerprint density at radius 3 is 1.95 bits per heavy atom. The highest BCUT2D eigenvalue weighted by molar-refractivity contribution is 6.32. The molecule has 12 rings (SSSR count). The SMILES string of the molecule is CN[C@H](CC(C)C)C(=O)N[C@H]1C(=O)C[C@@H](CC(N)=O)C(=O)N[C@H]2C(=O)C[C@@H](C(N)=O)c3ccc(O)c(c3)-c3c(O)cc(O)cc3C(C(=O)CCCC(O)C(O)CCC(=O)Cc3ccc(CO)c(C(N)=O)c3O)NC(=O)C[C@H](O)c3ccc(c(Cl)c3)Oc3cc2cc(c3OC2O[C@@H](CO)[C@@H](O)[C@H](O)[C@@H]2O[C@@H]2C[C@](C)(N)[C@H](O)[C@@H](C)O2)Oc2ccc(cc2Cl)[C@H]1O. The molecule has 0 radical (unpaired) electrons. The van der Waals surface area contributed by atoms with Crippen molar-refractivity contribution >= 4 is 81.8 Å². The Kier molecular flexibility index (Phi) is 31.7. The van der Waals surface area contributed by atoms with Crippen LogP contribution in [-0.2, 0) is 70.4 Å². The number of rotatable bonds is 26. The number of aliphatic hydroxyl groups is 9. The fourth-order valence-corrected chi connectivity index (χ4v) is 16.0. The second-order valence-electron chi connectivity index (χ2n) is 32.1. The van der Waals surface area contributed by atoms with Crippen molar-refractivity contribution in [3.8, 4) is 62.9 Å². The third-order valence-electron chi connectivity index (χ3n) is 22.3. The van der Waals surface area contributed by atoms with Crippen LogP contribution in [0.15, 0.2) is 91.0 Å². The van der Waals surface area contributed by atoms with Crippen LogP contribution in [0.3, 0.4) is 0 Å². The molecule has 2 saturated heterocycles. The number of hydrogen-bond acceptors (Lipinski definition) is 31. The van der Waals surface area contributed by atoms with Crippen molar-refractivity contribution in [2.24, 2.45) is 34.8 Å². The molecule has 6 aromatic carbocycles. The Balaban J connectivity index is 1.12. The van der Waals surface area contributed by atoms with Gasteiger partial charge in [0, 0.05) is 73.2 Å². The van der Waals surface area contributed by atoms with Crippen LogP contribution >= 0.6 is 23.2 Å². The number of ether oxygens (including phenoxy) is 6. The van der Waals surface area contributed by atoms with Gasteiger partial charge >= 0.3 is 0 Å². The van der Waals surface area contributed by atoms with Gasteiger partial charge in [-0.1, -0.05) is 67.4 Å². The van der Waals surface area contributed by atoms with Crippen LogP contribution in [0.1, 0.15) is 178 Å². The van der Waals surface area contributed by atoms with Gasteiger partial charge in [-0.05, 0) is 140 Å². The normalized spacial score (nSPS) is 25.8. The summed E-state index contributed by atoms with van der Waals surface area (Å²) in [6.45, 7) is 4.97. The molecule has 37 nitrogen and oxygen atoms in total. The minimum atomic E-state index is -2.23. The number of primary amides is 3. The van der Waals surface area contributed by atoms with Crippen LogP contribution in [0.4, 0.5) is 0 Å². The van der Waals surface area contributed by atoms with E-state index in [2.05, 4.69) is 21.3 Å². The molecule has 0 saturated carbocycles. The van der Waals surface area contributed by atoms with E-state index in [4.69, 9.17) is 74.6 Å². The summed E-state index contributed by atoms with van der Waals surface area (Å²) in [5.41, 5.74) is 19.8. The zero-order valence-corrected chi connectivity index (χ0v) is 69.5. The number of amides is 6. The van der Waals surface area contributed by atoms with Gasteiger partial charge < -0.3 is 139 Å². The number of benzene rings is 6. The average molecular weight is 1770 g/mol. The van der Waals surface area contributed by atoms with Crippen LogP contribution in [-0.4, -0.2) is 218 Å². The standard InChI is InChI=1S/C85H102Cl2N8O29/c1-35(2)19-51(92-5)83(118)95-72-58(106)24-43(27-65(88)108)82(117)94-70-42-25-62(77(63(26-42)121-61-18-13-40(74(72)111)23-50(61)87)124-84-78(76(113)75(112)64(34-97)122-84)123-67-32-85(4,91)79(114)36(3)119-67)120-60-17-12-38(22-49(60)86)56(104)31-66(109)93-71(48-28-45(99)29-57(105)69(48)47-21-37(11-15-52(47)100)46(80(89)115)30-59(70)107)55(103)8-6-7-53(101)54(102)16-14-44(98)20-39-9-10-41(33-96)68(73(39)110)81(90)116/h9-13,15,17-18,21-23,25-26,28-29,35-36,43,46,51,53-54,56,64,67,70-72,74-76,78-79,84,92,96-97,99-102,104-105,110-114H,6-8,14,16,19-20,24,27,30-34,91H2,1-5H3,(H2,88,108)(H2,89,115)(H2,90,116)(H,93,109)(H,94,117)(H,95,118)/t36-,43+,46-,51-,53?,54?,56+,64+,67-,70-,71?,72+,74-,75-,76+,78+,79-,84?,85+/m1/s1. The number of halogens is 2. The molecule has 25 N–H and O–H groups in total. The molecule has 6 heterocycles. The van der Waals surface area contributed by atoms with Gasteiger partial charge in [-0.3, -0.25) is 47.9 Å². The molecule has 6 aliphatic rings. The maximum absolute atomic E-state index is 16.2. The summed E-state index contributed by atoms with van der Waals surface area (Å²) in [6.07, 6.45) is -27.0. The molecule has 4 unspecified atom stereocenters. The molecule has 0 aromatic heterocycles. The molecular weight excluding hydrogens is 1670 g/mol. The summed E-state index contributed by atoms with van der Waals surface area (Å²) in [4.78, 5) is 144. The monoisotopic (exact) mass is 1770 g/mol. The zero-order valence-electron chi connectivity index (χ0n) is 67.9. The van der Waals surface area contributed by atoms with E-state index in [1.807, 2.05) is 13.8 Å². The molecule has 9 bridgehead atoms. The number of Topliss-reactive ketones (excluding diaryl/α,β-unsaturated/α-hetero) is 4. The van der Waals surface area contributed by atoms with Gasteiger partial charge in [-0.25, -0.2) is 0 Å². The van der Waals surface area contributed by atoms with E-state index in [-0.39, 0.29) is 83.0 Å². The summed E-state index contributed by atoms with van der Waals surface area (Å²) in [7, 11) is 1.48. The number of phenols is 4. The molecule has 0 spiro atoms. The van der Waals surface area contributed by atoms with Gasteiger partial charge in [-0.15, -0.1) is 0 Å². The first-order valence-electron chi connectivity index (χ1n) is 39.8. The summed E-state index contributed by atoms with van der Waals surface area (Å²) < 4.78 is 38.6. The Morgan fingerprint density at radius 1 is 0.710 bits per heavy atom.